The number of nitrogens with zero attached hydrogens (tertiary/aromatic N) is 3. The van der Waals surface area contributed by atoms with E-state index < -0.39 is 63.4 Å². The van der Waals surface area contributed by atoms with E-state index in [1.807, 2.05) is 13.8 Å². The van der Waals surface area contributed by atoms with Crippen LogP contribution in [0.15, 0.2) is 0 Å². The molecular weight excluding hydrogens is 620 g/mol. The van der Waals surface area contributed by atoms with Crippen LogP contribution in [-0.4, -0.2) is 115 Å². The number of halogens is 2. The van der Waals surface area contributed by atoms with Crippen LogP contribution < -0.4 is 10.7 Å². The van der Waals surface area contributed by atoms with E-state index in [-0.39, 0.29) is 69.2 Å². The van der Waals surface area contributed by atoms with Crippen molar-refractivity contribution in [2.75, 3.05) is 40.3 Å². The monoisotopic (exact) mass is 679 g/mol. The third-order valence-corrected chi connectivity index (χ3v) is 11.5. The highest BCUT2D eigenvalue weighted by molar-refractivity contribution is 7.89. The molecule has 2 aliphatic rings. The first-order valence-corrected chi connectivity index (χ1v) is 18.6. The molecule has 2 rings (SSSR count). The van der Waals surface area contributed by atoms with E-state index in [0.717, 1.165) is 17.1 Å². The van der Waals surface area contributed by atoms with Gasteiger partial charge in [0.1, 0.15) is 12.3 Å². The topological polar surface area (TPSA) is 139 Å². The molecule has 0 aromatic rings. The van der Waals surface area contributed by atoms with Crippen molar-refractivity contribution in [3.8, 4) is 0 Å². The van der Waals surface area contributed by atoms with Crippen molar-refractivity contribution in [2.45, 2.75) is 122 Å². The first kappa shape index (κ1) is 40.3. The minimum Gasteiger partial charge on any atom is -0.390 e. The molecule has 3 N–H and O–H groups in total. The van der Waals surface area contributed by atoms with E-state index in [4.69, 9.17) is 0 Å². The van der Waals surface area contributed by atoms with Crippen LogP contribution >= 0.6 is 0 Å². The van der Waals surface area contributed by atoms with Crippen LogP contribution in [0.2, 0.25) is 0 Å². The summed E-state index contributed by atoms with van der Waals surface area (Å²) in [5.74, 6) is -3.15. The Morgan fingerprint density at radius 2 is 1.46 bits per heavy atom. The number of sulfonamides is 1. The molecule has 0 saturated heterocycles. The summed E-state index contributed by atoms with van der Waals surface area (Å²) in [6, 6.07) is -0.920. The number of rotatable bonds is 17. The Labute approximate surface area is 275 Å². The van der Waals surface area contributed by atoms with Gasteiger partial charge in [-0.15, -0.1) is 0 Å². The summed E-state index contributed by atoms with van der Waals surface area (Å²) in [6.45, 7) is 10.6. The Hall–Kier alpha value is -1.90. The van der Waals surface area contributed by atoms with Crippen molar-refractivity contribution in [3.63, 3.8) is 0 Å². The zero-order valence-electron chi connectivity index (χ0n) is 28.9. The first-order chi connectivity index (χ1) is 21.5. The summed E-state index contributed by atoms with van der Waals surface area (Å²) in [4.78, 5) is 41.7. The minimum atomic E-state index is -3.80. The van der Waals surface area contributed by atoms with Crippen LogP contribution in [0.4, 0.5) is 8.78 Å². The van der Waals surface area contributed by atoms with Gasteiger partial charge < -0.3 is 15.3 Å². The Bertz CT molecular complexity index is 1080. The second-order valence-corrected chi connectivity index (χ2v) is 16.2. The molecule has 2 aliphatic carbocycles. The lowest BCUT2D eigenvalue weighted by molar-refractivity contribution is -0.139. The second kappa shape index (κ2) is 18.6. The van der Waals surface area contributed by atoms with Gasteiger partial charge in [0.2, 0.25) is 27.7 Å². The van der Waals surface area contributed by atoms with E-state index in [0.29, 0.717) is 19.6 Å². The van der Waals surface area contributed by atoms with E-state index in [1.54, 1.807) is 25.7 Å². The molecule has 7 unspecified atom stereocenters. The molecule has 11 nitrogen and oxygen atoms in total. The summed E-state index contributed by atoms with van der Waals surface area (Å²) in [7, 11) is -0.935. The maximum absolute atomic E-state index is 14.3. The van der Waals surface area contributed by atoms with Crippen molar-refractivity contribution in [2.24, 2.45) is 23.7 Å². The van der Waals surface area contributed by atoms with Gasteiger partial charge in [0.15, 0.2) is 0 Å². The van der Waals surface area contributed by atoms with Crippen molar-refractivity contribution < 1.29 is 36.7 Å². The van der Waals surface area contributed by atoms with E-state index in [2.05, 4.69) is 10.7 Å². The van der Waals surface area contributed by atoms with Crippen LogP contribution in [0.3, 0.4) is 0 Å². The molecule has 0 aromatic heterocycles. The number of carbonyl (C=O) groups excluding carboxylic acids is 3. The van der Waals surface area contributed by atoms with Crippen LogP contribution in [0, 0.1) is 23.7 Å². The Morgan fingerprint density at radius 1 is 0.891 bits per heavy atom. The van der Waals surface area contributed by atoms with E-state index in [9.17, 15) is 36.7 Å². The van der Waals surface area contributed by atoms with Crippen LogP contribution in [0.1, 0.15) is 92.4 Å². The highest BCUT2D eigenvalue weighted by atomic mass is 32.2. The molecule has 0 aliphatic heterocycles. The van der Waals surface area contributed by atoms with Crippen molar-refractivity contribution in [1.29, 1.82) is 0 Å². The fourth-order valence-corrected chi connectivity index (χ4v) is 8.25. The smallest absolute Gasteiger partial charge is 0.236 e. The lowest BCUT2D eigenvalue weighted by Gasteiger charge is -2.38. The number of hydrogen-bond acceptors (Lipinski definition) is 7. The fraction of sp³-hybridized carbons (Fsp3) is 0.906. The van der Waals surface area contributed by atoms with Gasteiger partial charge in [-0.1, -0.05) is 34.6 Å². The van der Waals surface area contributed by atoms with Crippen LogP contribution in [-0.2, 0) is 24.4 Å². The predicted molar refractivity (Wildman–Crippen MR) is 174 cm³/mol. The Balaban J connectivity index is 2.36. The molecule has 0 bridgehead atoms. The second-order valence-electron chi connectivity index (χ2n) is 13.7. The summed E-state index contributed by atoms with van der Waals surface area (Å²) in [5, 5.41) is 14.9. The molecule has 0 radical (unpaired) electrons. The molecular formula is C32H59F2N5O6S. The van der Waals surface area contributed by atoms with Gasteiger partial charge in [0.25, 0.3) is 0 Å². The Morgan fingerprint density at radius 3 is 1.96 bits per heavy atom. The number of hydrazine groups is 1. The summed E-state index contributed by atoms with van der Waals surface area (Å²) in [5.41, 5.74) is 2.76. The summed E-state index contributed by atoms with van der Waals surface area (Å²) in [6.07, 6.45) is -1.94. The number of carbonyl (C=O) groups is 3. The third kappa shape index (κ3) is 11.7. The third-order valence-electron chi connectivity index (χ3n) is 9.26. The molecule has 0 heterocycles. The van der Waals surface area contributed by atoms with E-state index >= 15 is 0 Å². The van der Waals surface area contributed by atoms with Gasteiger partial charge in [-0.25, -0.2) is 26.5 Å². The highest BCUT2D eigenvalue weighted by Gasteiger charge is 2.44. The SMILES string of the molecule is CCCN(CCC)C(=O)C1CC(C(=O)NC(CC2CC(F)CC(F)C2)C(O)CN(CC)NC(=O)C(C)C)CC(S(=O)(=O)N(C)C)C1. The predicted octanol–water partition coefficient (Wildman–Crippen LogP) is 3.03. The number of aliphatic hydroxyl groups is 1. The van der Waals surface area contributed by atoms with Gasteiger partial charge in [0.05, 0.1) is 17.4 Å². The quantitative estimate of drug-likeness (QED) is 0.201. The van der Waals surface area contributed by atoms with Crippen LogP contribution in [0.25, 0.3) is 0 Å². The molecule has 3 amide bonds. The molecule has 2 fully saturated rings. The van der Waals surface area contributed by atoms with Gasteiger partial charge in [0, 0.05) is 64.4 Å². The standard InChI is InChI=1S/C32H59F2N5O6S/c1-8-11-38(12-9-2)32(43)24-16-23(17-27(18-24)46(44,45)37(6)7)31(42)35-28(15-22-13-25(33)19-26(34)14-22)29(40)20-39(10-3)36-30(41)21(4)5/h21-29,40H,8-20H2,1-7H3,(H,35,42)(H,36,41). The maximum Gasteiger partial charge on any atom is 0.236 e. The molecule has 0 spiro atoms. The number of hydrogen-bond donors (Lipinski definition) is 3. The van der Waals surface area contributed by atoms with Crippen molar-refractivity contribution in [1.82, 2.24) is 25.0 Å². The average Bonchev–Trinajstić information content (AvgIpc) is 2.98. The van der Waals surface area contributed by atoms with Crippen molar-refractivity contribution in [3.05, 3.63) is 0 Å². The number of likely N-dealkylation sites (N-methyl/N-ethyl adjacent to an activating group) is 1. The molecule has 2 saturated carbocycles. The zero-order chi connectivity index (χ0) is 34.8. The van der Waals surface area contributed by atoms with Gasteiger partial charge in [-0.3, -0.25) is 19.8 Å². The minimum absolute atomic E-state index is 0.00850. The zero-order valence-corrected chi connectivity index (χ0v) is 29.7. The van der Waals surface area contributed by atoms with Gasteiger partial charge in [-0.05, 0) is 57.3 Å². The van der Waals surface area contributed by atoms with Crippen molar-refractivity contribution >= 4 is 27.7 Å². The highest BCUT2D eigenvalue weighted by Crippen LogP contribution is 2.36. The molecule has 7 atom stereocenters. The fourth-order valence-electron chi connectivity index (χ4n) is 6.70. The van der Waals surface area contributed by atoms with Gasteiger partial charge >= 0.3 is 0 Å². The number of nitrogens with one attached hydrogen (secondary N) is 2. The molecule has 0 aromatic carbocycles. The maximum atomic E-state index is 14.3. The summed E-state index contributed by atoms with van der Waals surface area (Å²) < 4.78 is 56.4. The molecule has 46 heavy (non-hydrogen) atoms. The van der Waals surface area contributed by atoms with E-state index in [1.165, 1.54) is 19.1 Å². The summed E-state index contributed by atoms with van der Waals surface area (Å²) >= 11 is 0. The molecule has 14 heteroatoms. The lowest BCUT2D eigenvalue weighted by atomic mass is 9.79. The van der Waals surface area contributed by atoms with Gasteiger partial charge in [-0.2, -0.15) is 0 Å². The Kier molecular flexibility index (Phi) is 16.3. The first-order valence-electron chi connectivity index (χ1n) is 17.1. The number of aliphatic hydroxyl groups excluding tert-OH is 1. The van der Waals surface area contributed by atoms with Crippen LogP contribution in [0.5, 0.6) is 0 Å². The average molecular weight is 680 g/mol. The normalized spacial score (nSPS) is 27.0. The number of amides is 3. The molecule has 268 valence electrons. The largest absolute Gasteiger partial charge is 0.390 e. The number of alkyl halides is 2. The lowest BCUT2D eigenvalue weighted by Crippen LogP contribution is -2.55.